The minimum atomic E-state index is -4.63. The molecule has 0 saturated carbocycles. The van der Waals surface area contributed by atoms with Crippen LogP contribution in [0.3, 0.4) is 0 Å². The van der Waals surface area contributed by atoms with Gasteiger partial charge < -0.3 is 15.2 Å². The molecule has 3 aromatic rings. The number of hydrogen-bond acceptors (Lipinski definition) is 5. The first kappa shape index (κ1) is 20.3. The molecule has 0 bridgehead atoms. The Balaban J connectivity index is 1.73. The van der Waals surface area contributed by atoms with Crippen LogP contribution in [0.1, 0.15) is 35.8 Å². The van der Waals surface area contributed by atoms with E-state index >= 15 is 0 Å². The van der Waals surface area contributed by atoms with Crippen LogP contribution in [-0.4, -0.2) is 51.8 Å². The summed E-state index contributed by atoms with van der Waals surface area (Å²) in [5.41, 5.74) is 0.0666. The number of para-hydroxylation sites is 1. The second-order valence-electron chi connectivity index (χ2n) is 7.41. The number of anilines is 1. The highest BCUT2D eigenvalue weighted by molar-refractivity contribution is 6.11. The van der Waals surface area contributed by atoms with Crippen molar-refractivity contribution in [2.75, 3.05) is 31.5 Å². The molecule has 0 unspecified atom stereocenters. The molecule has 2 N–H and O–H groups in total. The summed E-state index contributed by atoms with van der Waals surface area (Å²) in [7, 11) is 0. The number of carbonyl (C=O) groups excluding carboxylic acids is 1. The van der Waals surface area contributed by atoms with E-state index in [1.54, 1.807) is 24.3 Å². The highest BCUT2D eigenvalue weighted by atomic mass is 19.4. The van der Waals surface area contributed by atoms with Crippen molar-refractivity contribution in [3.63, 3.8) is 0 Å². The lowest BCUT2D eigenvalue weighted by Crippen LogP contribution is -2.26. The van der Waals surface area contributed by atoms with Crippen molar-refractivity contribution in [1.82, 2.24) is 19.9 Å². The van der Waals surface area contributed by atoms with Crippen LogP contribution in [-0.2, 0) is 6.18 Å². The standard InChI is InChI=1S/C21H22F3N5O/c1-13(30)18-14-6-2-3-7-15(14)26-19(18)20-27-16(21(22,23)24)12-17(28-20)25-8-11-29-9-4-5-10-29/h2-3,6-7,12,26H,4-5,8-11H2,1H3,(H,25,27,28). The van der Waals surface area contributed by atoms with E-state index in [9.17, 15) is 18.0 Å². The van der Waals surface area contributed by atoms with Crippen molar-refractivity contribution < 1.29 is 18.0 Å². The lowest BCUT2D eigenvalue weighted by atomic mass is 10.1. The monoisotopic (exact) mass is 417 g/mol. The van der Waals surface area contributed by atoms with E-state index in [4.69, 9.17) is 0 Å². The Bertz CT molecular complexity index is 1070. The van der Waals surface area contributed by atoms with Crippen LogP contribution in [0.5, 0.6) is 0 Å². The highest BCUT2D eigenvalue weighted by Crippen LogP contribution is 2.33. The van der Waals surface area contributed by atoms with Gasteiger partial charge >= 0.3 is 6.18 Å². The van der Waals surface area contributed by atoms with Crippen LogP contribution in [0.4, 0.5) is 19.0 Å². The molecular formula is C21H22F3N5O. The van der Waals surface area contributed by atoms with Crippen molar-refractivity contribution >= 4 is 22.5 Å². The average molecular weight is 417 g/mol. The number of carbonyl (C=O) groups is 1. The van der Waals surface area contributed by atoms with Crippen molar-refractivity contribution in [1.29, 1.82) is 0 Å². The topological polar surface area (TPSA) is 73.9 Å². The minimum Gasteiger partial charge on any atom is -0.369 e. The number of benzene rings is 1. The summed E-state index contributed by atoms with van der Waals surface area (Å²) in [6.45, 7) is 4.58. The Morgan fingerprint density at radius 1 is 1.20 bits per heavy atom. The van der Waals surface area contributed by atoms with Crippen molar-refractivity contribution in [2.24, 2.45) is 0 Å². The zero-order chi connectivity index (χ0) is 21.3. The molecule has 1 fully saturated rings. The Hall–Kier alpha value is -2.94. The third kappa shape index (κ3) is 4.16. The molecule has 6 nitrogen and oxygen atoms in total. The fourth-order valence-corrected chi connectivity index (χ4v) is 3.82. The molecule has 2 aromatic heterocycles. The molecule has 0 amide bonds. The van der Waals surface area contributed by atoms with Crippen molar-refractivity contribution in [3.8, 4) is 11.5 Å². The molecule has 0 atom stereocenters. The lowest BCUT2D eigenvalue weighted by Gasteiger charge is -2.16. The van der Waals surface area contributed by atoms with Crippen LogP contribution in [0.15, 0.2) is 30.3 Å². The number of rotatable bonds is 6. The van der Waals surface area contributed by atoms with Gasteiger partial charge in [-0.1, -0.05) is 18.2 Å². The van der Waals surface area contributed by atoms with Crippen LogP contribution in [0, 0.1) is 0 Å². The van der Waals surface area contributed by atoms with Gasteiger partial charge in [0.25, 0.3) is 0 Å². The summed E-state index contributed by atoms with van der Waals surface area (Å²) in [5.74, 6) is -0.346. The summed E-state index contributed by atoms with van der Waals surface area (Å²) >= 11 is 0. The number of likely N-dealkylation sites (tertiary alicyclic amines) is 1. The average Bonchev–Trinajstić information content (AvgIpc) is 3.34. The summed E-state index contributed by atoms with van der Waals surface area (Å²) in [5, 5.41) is 3.61. The van der Waals surface area contributed by atoms with Gasteiger partial charge in [0.1, 0.15) is 5.82 Å². The number of nitrogens with one attached hydrogen (secondary N) is 2. The van der Waals surface area contributed by atoms with Crippen molar-refractivity contribution in [3.05, 3.63) is 41.6 Å². The van der Waals surface area contributed by atoms with Gasteiger partial charge in [-0.15, -0.1) is 0 Å². The van der Waals surface area contributed by atoms with Crippen LogP contribution >= 0.6 is 0 Å². The number of alkyl halides is 3. The third-order valence-corrected chi connectivity index (χ3v) is 5.23. The van der Waals surface area contributed by atoms with Gasteiger partial charge in [0.2, 0.25) is 0 Å². The summed E-state index contributed by atoms with van der Waals surface area (Å²) in [4.78, 5) is 25.6. The van der Waals surface area contributed by atoms with E-state index < -0.39 is 11.9 Å². The number of hydrogen-bond donors (Lipinski definition) is 2. The normalized spacial score (nSPS) is 15.1. The Morgan fingerprint density at radius 3 is 2.63 bits per heavy atom. The fraction of sp³-hybridized carbons (Fsp3) is 0.381. The molecule has 3 heterocycles. The van der Waals surface area contributed by atoms with Gasteiger partial charge in [0, 0.05) is 30.1 Å². The van der Waals surface area contributed by atoms with Gasteiger partial charge in [0.15, 0.2) is 17.3 Å². The van der Waals surface area contributed by atoms with Gasteiger partial charge in [-0.2, -0.15) is 13.2 Å². The number of halogens is 3. The van der Waals surface area contributed by atoms with E-state index in [-0.39, 0.29) is 28.7 Å². The van der Waals surface area contributed by atoms with E-state index in [0.717, 1.165) is 38.5 Å². The summed E-state index contributed by atoms with van der Waals surface area (Å²) in [6.07, 6.45) is -2.35. The Kier molecular flexibility index (Phi) is 5.46. The smallest absolute Gasteiger partial charge is 0.369 e. The Labute approximate surface area is 171 Å². The zero-order valence-corrected chi connectivity index (χ0v) is 16.5. The molecule has 1 aliphatic heterocycles. The lowest BCUT2D eigenvalue weighted by molar-refractivity contribution is -0.141. The molecule has 1 aromatic carbocycles. The number of H-pyrrole nitrogens is 1. The largest absolute Gasteiger partial charge is 0.433 e. The second kappa shape index (κ2) is 8.06. The molecule has 158 valence electrons. The van der Waals surface area contributed by atoms with Gasteiger partial charge in [-0.05, 0) is 38.9 Å². The maximum atomic E-state index is 13.5. The number of aromatic amines is 1. The van der Waals surface area contributed by atoms with Gasteiger partial charge in [-0.3, -0.25) is 4.79 Å². The molecule has 30 heavy (non-hydrogen) atoms. The second-order valence-corrected chi connectivity index (χ2v) is 7.41. The summed E-state index contributed by atoms with van der Waals surface area (Å²) in [6, 6.07) is 7.96. The first-order chi connectivity index (χ1) is 14.3. The highest BCUT2D eigenvalue weighted by Gasteiger charge is 2.34. The van der Waals surface area contributed by atoms with E-state index in [2.05, 4.69) is 25.2 Å². The molecule has 0 aliphatic carbocycles. The zero-order valence-electron chi connectivity index (χ0n) is 16.5. The fourth-order valence-electron chi connectivity index (χ4n) is 3.82. The maximum absolute atomic E-state index is 13.5. The number of fused-ring (bicyclic) bond motifs is 1. The number of nitrogens with zero attached hydrogens (tertiary/aromatic N) is 3. The molecule has 0 radical (unpaired) electrons. The van der Waals surface area contributed by atoms with Crippen molar-refractivity contribution in [2.45, 2.75) is 25.9 Å². The molecule has 1 aliphatic rings. The molecule has 1 saturated heterocycles. The molecule has 9 heteroatoms. The first-order valence-corrected chi connectivity index (χ1v) is 9.87. The molecular weight excluding hydrogens is 395 g/mol. The quantitative estimate of drug-likeness (QED) is 0.583. The summed E-state index contributed by atoms with van der Waals surface area (Å²) < 4.78 is 40.5. The number of Topliss-reactive ketones (excluding diaryl/α,β-unsaturated/α-hetero) is 1. The number of ketones is 1. The van der Waals surface area contributed by atoms with Gasteiger partial charge in [0.05, 0.1) is 11.3 Å². The van der Waals surface area contributed by atoms with Gasteiger partial charge in [-0.25, -0.2) is 9.97 Å². The maximum Gasteiger partial charge on any atom is 0.433 e. The number of aromatic nitrogens is 3. The van der Waals surface area contributed by atoms with Crippen LogP contribution in [0.25, 0.3) is 22.4 Å². The SMILES string of the molecule is CC(=O)c1c(-c2nc(NCCN3CCCC3)cc(C(F)(F)F)n2)[nH]c2ccccc12. The first-order valence-electron chi connectivity index (χ1n) is 9.87. The van der Waals surface area contributed by atoms with E-state index in [1.165, 1.54) is 6.92 Å². The van der Waals surface area contributed by atoms with Crippen LogP contribution in [0.2, 0.25) is 0 Å². The predicted octanol–water partition coefficient (Wildman–Crippen LogP) is 4.35. The third-order valence-electron chi connectivity index (χ3n) is 5.23. The Morgan fingerprint density at radius 2 is 1.93 bits per heavy atom. The molecule has 0 spiro atoms. The molecule has 4 rings (SSSR count). The van der Waals surface area contributed by atoms with Crippen LogP contribution < -0.4 is 5.32 Å². The van der Waals surface area contributed by atoms with E-state index in [0.29, 0.717) is 17.4 Å². The van der Waals surface area contributed by atoms with E-state index in [1.807, 2.05) is 0 Å². The predicted molar refractivity (Wildman–Crippen MR) is 108 cm³/mol. The minimum absolute atomic E-state index is 0.0830.